The second-order valence-corrected chi connectivity index (χ2v) is 4.28. The molecule has 0 saturated carbocycles. The highest BCUT2D eigenvalue weighted by molar-refractivity contribution is 5.67. The van der Waals surface area contributed by atoms with Crippen molar-refractivity contribution in [2.45, 2.75) is 6.42 Å². The summed E-state index contributed by atoms with van der Waals surface area (Å²) in [6.07, 6.45) is 1.03. The molecule has 0 spiro atoms. The van der Waals surface area contributed by atoms with E-state index in [1.807, 2.05) is 26.0 Å². The summed E-state index contributed by atoms with van der Waals surface area (Å²) in [5, 5.41) is 0. The molecule has 0 aliphatic rings. The normalized spacial score (nSPS) is 10.8. The summed E-state index contributed by atoms with van der Waals surface area (Å²) >= 11 is 0. The van der Waals surface area contributed by atoms with Crippen molar-refractivity contribution >= 4 is 11.4 Å². The van der Waals surface area contributed by atoms with Crippen molar-refractivity contribution in [1.29, 1.82) is 0 Å². The number of halogens is 1. The second-order valence-electron chi connectivity index (χ2n) is 4.28. The molecular weight excluding hydrogens is 205 g/mol. The number of hydrogen-bond donors (Lipinski definition) is 1. The van der Waals surface area contributed by atoms with Gasteiger partial charge in [0.2, 0.25) is 0 Å². The highest BCUT2D eigenvalue weighted by Gasteiger charge is 2.06. The van der Waals surface area contributed by atoms with Crippen molar-refractivity contribution in [3.8, 4) is 0 Å². The fourth-order valence-electron chi connectivity index (χ4n) is 1.59. The Labute approximate surface area is 96.6 Å². The fraction of sp³-hybridized carbons (Fsp3) is 0.500. The Balaban J connectivity index is 2.58. The fourth-order valence-corrected chi connectivity index (χ4v) is 1.59. The Morgan fingerprint density at radius 3 is 2.50 bits per heavy atom. The number of anilines is 2. The second kappa shape index (κ2) is 5.70. The van der Waals surface area contributed by atoms with Crippen molar-refractivity contribution in [1.82, 2.24) is 4.90 Å². The Bertz CT molecular complexity index is 339. The summed E-state index contributed by atoms with van der Waals surface area (Å²) in [6, 6.07) is 4.46. The van der Waals surface area contributed by atoms with E-state index in [4.69, 9.17) is 5.73 Å². The Morgan fingerprint density at radius 2 is 1.88 bits per heavy atom. The minimum absolute atomic E-state index is 0.247. The van der Waals surface area contributed by atoms with E-state index in [1.165, 1.54) is 12.1 Å². The standard InChI is InChI=1S/C12H20FN3/c1-15(2)7-4-8-16(3)12-9-10(13)5-6-11(12)14/h5-6,9H,4,7-8,14H2,1-3H3. The van der Waals surface area contributed by atoms with Gasteiger partial charge in [0.15, 0.2) is 0 Å². The predicted molar refractivity (Wildman–Crippen MR) is 67.3 cm³/mol. The van der Waals surface area contributed by atoms with Crippen LogP contribution in [0.15, 0.2) is 18.2 Å². The molecule has 0 unspecified atom stereocenters. The molecule has 0 aliphatic carbocycles. The summed E-state index contributed by atoms with van der Waals surface area (Å²) in [7, 11) is 6.01. The quantitative estimate of drug-likeness (QED) is 0.775. The number of rotatable bonds is 5. The van der Waals surface area contributed by atoms with Gasteiger partial charge < -0.3 is 15.5 Å². The van der Waals surface area contributed by atoms with Crippen LogP contribution in [-0.2, 0) is 0 Å². The molecule has 1 rings (SSSR count). The average molecular weight is 225 g/mol. The van der Waals surface area contributed by atoms with E-state index in [1.54, 1.807) is 6.07 Å². The maximum absolute atomic E-state index is 13.1. The van der Waals surface area contributed by atoms with Crippen molar-refractivity contribution in [3.63, 3.8) is 0 Å². The average Bonchev–Trinajstić information content (AvgIpc) is 2.21. The van der Waals surface area contributed by atoms with Gasteiger partial charge in [-0.3, -0.25) is 0 Å². The van der Waals surface area contributed by atoms with Crippen LogP contribution in [0.5, 0.6) is 0 Å². The highest BCUT2D eigenvalue weighted by atomic mass is 19.1. The zero-order valence-electron chi connectivity index (χ0n) is 10.2. The first-order chi connectivity index (χ1) is 7.50. The largest absolute Gasteiger partial charge is 0.397 e. The van der Waals surface area contributed by atoms with Crippen LogP contribution in [-0.4, -0.2) is 39.1 Å². The Morgan fingerprint density at radius 1 is 1.19 bits per heavy atom. The molecule has 0 atom stereocenters. The van der Waals surface area contributed by atoms with Gasteiger partial charge in [-0.1, -0.05) is 0 Å². The lowest BCUT2D eigenvalue weighted by atomic mass is 10.2. The van der Waals surface area contributed by atoms with Crippen LogP contribution in [0.25, 0.3) is 0 Å². The molecule has 2 N–H and O–H groups in total. The number of nitrogens with two attached hydrogens (primary N) is 1. The first-order valence-corrected chi connectivity index (χ1v) is 5.41. The van der Waals surface area contributed by atoms with Crippen molar-refractivity contribution in [3.05, 3.63) is 24.0 Å². The molecule has 1 aromatic carbocycles. The van der Waals surface area contributed by atoms with E-state index in [2.05, 4.69) is 4.90 Å². The van der Waals surface area contributed by atoms with Gasteiger partial charge in [-0.05, 0) is 45.3 Å². The third-order valence-electron chi connectivity index (χ3n) is 2.50. The highest BCUT2D eigenvalue weighted by Crippen LogP contribution is 2.22. The maximum atomic E-state index is 13.1. The molecule has 0 aromatic heterocycles. The lowest BCUT2D eigenvalue weighted by Gasteiger charge is -2.22. The zero-order valence-corrected chi connectivity index (χ0v) is 10.2. The predicted octanol–water partition coefficient (Wildman–Crippen LogP) is 1.80. The summed E-state index contributed by atoms with van der Waals surface area (Å²) in [4.78, 5) is 4.12. The van der Waals surface area contributed by atoms with E-state index >= 15 is 0 Å². The topological polar surface area (TPSA) is 32.5 Å². The van der Waals surface area contributed by atoms with E-state index in [0.717, 1.165) is 25.2 Å². The molecule has 0 radical (unpaired) electrons. The molecule has 0 fully saturated rings. The molecule has 0 bridgehead atoms. The summed E-state index contributed by atoms with van der Waals surface area (Å²) in [5.74, 6) is -0.247. The number of nitrogen functional groups attached to an aromatic ring is 1. The van der Waals surface area contributed by atoms with Gasteiger partial charge in [0, 0.05) is 13.6 Å². The molecule has 4 heteroatoms. The lowest BCUT2D eigenvalue weighted by Crippen LogP contribution is -2.24. The third kappa shape index (κ3) is 3.70. The molecule has 0 amide bonds. The van der Waals surface area contributed by atoms with E-state index in [9.17, 15) is 4.39 Å². The summed E-state index contributed by atoms with van der Waals surface area (Å²) in [5.41, 5.74) is 7.19. The number of hydrogen-bond acceptors (Lipinski definition) is 3. The van der Waals surface area contributed by atoms with Crippen LogP contribution >= 0.6 is 0 Å². The Hall–Kier alpha value is -1.29. The number of nitrogens with zero attached hydrogens (tertiary/aromatic N) is 2. The van der Waals surface area contributed by atoms with Gasteiger partial charge in [-0.2, -0.15) is 0 Å². The van der Waals surface area contributed by atoms with Crippen molar-refractivity contribution < 1.29 is 4.39 Å². The van der Waals surface area contributed by atoms with Gasteiger partial charge in [0.1, 0.15) is 5.82 Å². The maximum Gasteiger partial charge on any atom is 0.125 e. The molecule has 0 saturated heterocycles. The van der Waals surface area contributed by atoms with Gasteiger partial charge in [-0.15, -0.1) is 0 Å². The molecule has 3 nitrogen and oxygen atoms in total. The molecule has 90 valence electrons. The van der Waals surface area contributed by atoms with Crippen LogP contribution < -0.4 is 10.6 Å². The SMILES string of the molecule is CN(C)CCCN(C)c1cc(F)ccc1N. The van der Waals surface area contributed by atoms with Gasteiger partial charge in [0.25, 0.3) is 0 Å². The minimum atomic E-state index is -0.247. The van der Waals surface area contributed by atoms with Crippen LogP contribution in [0.4, 0.5) is 15.8 Å². The van der Waals surface area contributed by atoms with Crippen LogP contribution in [0.1, 0.15) is 6.42 Å². The van der Waals surface area contributed by atoms with E-state index in [0.29, 0.717) is 5.69 Å². The smallest absolute Gasteiger partial charge is 0.125 e. The molecule has 0 heterocycles. The van der Waals surface area contributed by atoms with Crippen molar-refractivity contribution in [2.24, 2.45) is 0 Å². The Kier molecular flexibility index (Phi) is 4.55. The van der Waals surface area contributed by atoms with Crippen LogP contribution in [0.3, 0.4) is 0 Å². The zero-order chi connectivity index (χ0) is 12.1. The van der Waals surface area contributed by atoms with E-state index in [-0.39, 0.29) is 5.82 Å². The molecule has 0 aliphatic heterocycles. The molecule has 1 aromatic rings. The first-order valence-electron chi connectivity index (χ1n) is 5.41. The minimum Gasteiger partial charge on any atom is -0.397 e. The number of benzene rings is 1. The van der Waals surface area contributed by atoms with Gasteiger partial charge >= 0.3 is 0 Å². The lowest BCUT2D eigenvalue weighted by molar-refractivity contribution is 0.401. The first kappa shape index (κ1) is 12.8. The van der Waals surface area contributed by atoms with Crippen LogP contribution in [0.2, 0.25) is 0 Å². The van der Waals surface area contributed by atoms with Gasteiger partial charge in [0.05, 0.1) is 11.4 Å². The monoisotopic (exact) mass is 225 g/mol. The van der Waals surface area contributed by atoms with Gasteiger partial charge in [-0.25, -0.2) is 4.39 Å². The van der Waals surface area contributed by atoms with E-state index < -0.39 is 0 Å². The summed E-state index contributed by atoms with van der Waals surface area (Å²) in [6.45, 7) is 1.88. The third-order valence-corrected chi connectivity index (χ3v) is 2.50. The van der Waals surface area contributed by atoms with Crippen molar-refractivity contribution in [2.75, 3.05) is 44.9 Å². The molecule has 16 heavy (non-hydrogen) atoms. The summed E-state index contributed by atoms with van der Waals surface area (Å²) < 4.78 is 13.1. The van der Waals surface area contributed by atoms with Crippen LogP contribution in [0, 0.1) is 5.82 Å². The molecular formula is C12H20FN3.